The summed E-state index contributed by atoms with van der Waals surface area (Å²) in [5.41, 5.74) is 0. The minimum Gasteiger partial charge on any atom is -0.302 e. The number of hydrogen-bond donors (Lipinski definition) is 0. The molecule has 0 saturated heterocycles. The van der Waals surface area contributed by atoms with Gasteiger partial charge in [0.1, 0.15) is 0 Å². The largest absolute Gasteiger partial charge is 0.302 e. The molecule has 2 unspecified atom stereocenters. The molecular weight excluding hydrogens is 228 g/mol. The summed E-state index contributed by atoms with van der Waals surface area (Å²) in [4.78, 5) is 3.84. The van der Waals surface area contributed by atoms with Gasteiger partial charge in [-0.1, -0.05) is 18.9 Å². The average Bonchev–Trinajstić information content (AvgIpc) is 2.89. The van der Waals surface area contributed by atoms with Gasteiger partial charge in [0.25, 0.3) is 0 Å². The molecule has 0 radical (unpaired) electrons. The highest BCUT2D eigenvalue weighted by Gasteiger charge is 2.27. The quantitative estimate of drug-likeness (QED) is 0.817. The van der Waals surface area contributed by atoms with E-state index in [0.717, 1.165) is 19.4 Å². The summed E-state index contributed by atoms with van der Waals surface area (Å²) < 4.78 is 0. The standard InChI is InChI=1S/C14H20N2S/c1-16(9-8-13-6-4-10-17-13)14-7-3-2-5-12(14)11-15/h4,6,10,12,14H,2-3,5,7-9H2,1H3. The topological polar surface area (TPSA) is 27.0 Å². The summed E-state index contributed by atoms with van der Waals surface area (Å²) in [6.07, 6.45) is 5.91. The number of nitrogens with zero attached hydrogens (tertiary/aromatic N) is 2. The number of hydrogen-bond acceptors (Lipinski definition) is 3. The van der Waals surface area contributed by atoms with E-state index in [1.165, 1.54) is 24.1 Å². The maximum atomic E-state index is 9.19. The second-order valence-electron chi connectivity index (χ2n) is 4.90. The fraction of sp³-hybridized carbons (Fsp3) is 0.643. The molecule has 0 amide bonds. The molecule has 0 aromatic carbocycles. The van der Waals surface area contributed by atoms with Crippen LogP contribution in [-0.2, 0) is 6.42 Å². The lowest BCUT2D eigenvalue weighted by Crippen LogP contribution is -2.40. The lowest BCUT2D eigenvalue weighted by atomic mass is 9.84. The first-order valence-electron chi connectivity index (χ1n) is 6.43. The van der Waals surface area contributed by atoms with Gasteiger partial charge in [-0.25, -0.2) is 0 Å². The zero-order valence-corrected chi connectivity index (χ0v) is 11.2. The highest BCUT2D eigenvalue weighted by atomic mass is 32.1. The maximum Gasteiger partial charge on any atom is 0.0672 e. The summed E-state index contributed by atoms with van der Waals surface area (Å²) in [6.45, 7) is 1.07. The third-order valence-electron chi connectivity index (χ3n) is 3.75. The van der Waals surface area contributed by atoms with Crippen molar-refractivity contribution in [2.45, 2.75) is 38.1 Å². The monoisotopic (exact) mass is 248 g/mol. The summed E-state index contributed by atoms with van der Waals surface area (Å²) in [5, 5.41) is 11.3. The van der Waals surface area contributed by atoms with E-state index in [-0.39, 0.29) is 5.92 Å². The minimum atomic E-state index is 0.247. The van der Waals surface area contributed by atoms with Crippen molar-refractivity contribution >= 4 is 11.3 Å². The van der Waals surface area contributed by atoms with Crippen molar-refractivity contribution in [2.24, 2.45) is 5.92 Å². The molecular formula is C14H20N2S. The summed E-state index contributed by atoms with van der Waals surface area (Å²) in [7, 11) is 2.17. The van der Waals surface area contributed by atoms with Crippen LogP contribution in [-0.4, -0.2) is 24.5 Å². The molecule has 0 spiro atoms. The third-order valence-corrected chi connectivity index (χ3v) is 4.69. The van der Waals surface area contributed by atoms with Gasteiger partial charge < -0.3 is 4.90 Å². The second-order valence-corrected chi connectivity index (χ2v) is 5.93. The Bertz CT molecular complexity index is 366. The van der Waals surface area contributed by atoms with Crippen molar-refractivity contribution in [3.8, 4) is 6.07 Å². The van der Waals surface area contributed by atoms with E-state index in [4.69, 9.17) is 0 Å². The molecule has 0 aliphatic heterocycles. The molecule has 0 N–H and O–H groups in total. The molecule has 1 saturated carbocycles. The Labute approximate surface area is 108 Å². The van der Waals surface area contributed by atoms with Crippen LogP contribution in [0.5, 0.6) is 0 Å². The number of nitriles is 1. The first-order chi connectivity index (χ1) is 8.31. The lowest BCUT2D eigenvalue weighted by Gasteiger charge is -2.34. The van der Waals surface area contributed by atoms with E-state index >= 15 is 0 Å². The molecule has 1 aromatic rings. The molecule has 3 heteroatoms. The van der Waals surface area contributed by atoms with Crippen molar-refractivity contribution in [2.75, 3.05) is 13.6 Å². The summed E-state index contributed by atoms with van der Waals surface area (Å²) in [6, 6.07) is 7.27. The van der Waals surface area contributed by atoms with Crippen molar-refractivity contribution in [3.63, 3.8) is 0 Å². The number of thiophene rings is 1. The zero-order chi connectivity index (χ0) is 12.1. The zero-order valence-electron chi connectivity index (χ0n) is 10.4. The molecule has 1 aromatic heterocycles. The van der Waals surface area contributed by atoms with Gasteiger partial charge in [0, 0.05) is 17.5 Å². The average molecular weight is 248 g/mol. The summed E-state index contributed by atoms with van der Waals surface area (Å²) >= 11 is 1.83. The highest BCUT2D eigenvalue weighted by Crippen LogP contribution is 2.27. The van der Waals surface area contributed by atoms with E-state index in [1.807, 2.05) is 11.3 Å². The molecule has 1 fully saturated rings. The van der Waals surface area contributed by atoms with Crippen LogP contribution >= 0.6 is 11.3 Å². The molecule has 92 valence electrons. The van der Waals surface area contributed by atoms with Gasteiger partial charge in [-0.2, -0.15) is 5.26 Å². The molecule has 2 atom stereocenters. The molecule has 2 rings (SSSR count). The Hall–Kier alpha value is -0.850. The van der Waals surface area contributed by atoms with Gasteiger partial charge in [-0.3, -0.25) is 0 Å². The van der Waals surface area contributed by atoms with Crippen LogP contribution in [0.3, 0.4) is 0 Å². The predicted molar refractivity (Wildman–Crippen MR) is 72.0 cm³/mol. The van der Waals surface area contributed by atoms with Crippen molar-refractivity contribution < 1.29 is 0 Å². The van der Waals surface area contributed by atoms with Gasteiger partial charge in [0.05, 0.1) is 12.0 Å². The van der Waals surface area contributed by atoms with Gasteiger partial charge >= 0.3 is 0 Å². The fourth-order valence-electron chi connectivity index (χ4n) is 2.70. The second kappa shape index (κ2) is 6.18. The van der Waals surface area contributed by atoms with E-state index in [9.17, 15) is 5.26 Å². The van der Waals surface area contributed by atoms with Crippen LogP contribution in [0.4, 0.5) is 0 Å². The molecule has 1 aliphatic carbocycles. The summed E-state index contributed by atoms with van der Waals surface area (Å²) in [5.74, 6) is 0.247. The molecule has 1 aliphatic rings. The van der Waals surface area contributed by atoms with Crippen LogP contribution in [0.2, 0.25) is 0 Å². The molecule has 2 nitrogen and oxygen atoms in total. The van der Waals surface area contributed by atoms with E-state index < -0.39 is 0 Å². The molecule has 1 heterocycles. The Morgan fingerprint density at radius 3 is 3.00 bits per heavy atom. The van der Waals surface area contributed by atoms with Crippen LogP contribution in [0.1, 0.15) is 30.6 Å². The Balaban J connectivity index is 1.85. The van der Waals surface area contributed by atoms with Crippen LogP contribution in [0.25, 0.3) is 0 Å². The van der Waals surface area contributed by atoms with Gasteiger partial charge in [0.2, 0.25) is 0 Å². The lowest BCUT2D eigenvalue weighted by molar-refractivity contribution is 0.159. The number of likely N-dealkylation sites (N-methyl/N-ethyl adjacent to an activating group) is 1. The predicted octanol–water partition coefficient (Wildman–Crippen LogP) is 3.30. The third kappa shape index (κ3) is 3.31. The van der Waals surface area contributed by atoms with E-state index in [2.05, 4.69) is 35.5 Å². The first-order valence-corrected chi connectivity index (χ1v) is 7.31. The normalized spacial score (nSPS) is 24.8. The Morgan fingerprint density at radius 2 is 2.29 bits per heavy atom. The SMILES string of the molecule is CN(CCc1cccs1)C1CCCCC1C#N. The van der Waals surface area contributed by atoms with Crippen LogP contribution in [0, 0.1) is 17.2 Å². The smallest absolute Gasteiger partial charge is 0.0672 e. The van der Waals surface area contributed by atoms with Gasteiger partial charge in [-0.15, -0.1) is 11.3 Å². The fourth-order valence-corrected chi connectivity index (χ4v) is 3.39. The Kier molecular flexibility index (Phi) is 4.58. The van der Waals surface area contributed by atoms with Gasteiger partial charge in [0.15, 0.2) is 0 Å². The molecule has 17 heavy (non-hydrogen) atoms. The van der Waals surface area contributed by atoms with E-state index in [0.29, 0.717) is 6.04 Å². The number of rotatable bonds is 4. The Morgan fingerprint density at radius 1 is 1.47 bits per heavy atom. The van der Waals surface area contributed by atoms with Crippen molar-refractivity contribution in [3.05, 3.63) is 22.4 Å². The minimum absolute atomic E-state index is 0.247. The van der Waals surface area contributed by atoms with Crippen molar-refractivity contribution in [1.82, 2.24) is 4.90 Å². The first kappa shape index (κ1) is 12.6. The van der Waals surface area contributed by atoms with Crippen LogP contribution in [0.15, 0.2) is 17.5 Å². The van der Waals surface area contributed by atoms with Crippen molar-refractivity contribution in [1.29, 1.82) is 5.26 Å². The van der Waals surface area contributed by atoms with Gasteiger partial charge in [-0.05, 0) is 37.8 Å². The van der Waals surface area contributed by atoms with E-state index in [1.54, 1.807) is 0 Å². The maximum absolute atomic E-state index is 9.19. The van der Waals surface area contributed by atoms with Crippen LogP contribution < -0.4 is 0 Å². The highest BCUT2D eigenvalue weighted by molar-refractivity contribution is 7.09. The molecule has 0 bridgehead atoms.